The minimum absolute atomic E-state index is 0.252. The molecule has 3 N–H and O–H groups in total. The molecule has 1 aliphatic heterocycles. The predicted octanol–water partition coefficient (Wildman–Crippen LogP) is 0.614. The van der Waals surface area contributed by atoms with Crippen LogP contribution in [0.4, 0.5) is 5.69 Å². The van der Waals surface area contributed by atoms with Gasteiger partial charge in [0.05, 0.1) is 24.1 Å². The number of morpholine rings is 1. The largest absolute Gasteiger partial charge is 0.477 e. The molecule has 1 fully saturated rings. The van der Waals surface area contributed by atoms with Crippen molar-refractivity contribution in [3.8, 4) is 0 Å². The van der Waals surface area contributed by atoms with Gasteiger partial charge >= 0.3 is 5.97 Å². The molecule has 2 heterocycles. The molecule has 2 aromatic rings. The number of anilines is 1. The van der Waals surface area contributed by atoms with Gasteiger partial charge in [-0.1, -0.05) is 6.07 Å². The molecule has 1 aromatic carbocycles. The Balaban J connectivity index is 2.01. The molecule has 0 saturated carbocycles. The van der Waals surface area contributed by atoms with Crippen LogP contribution in [0, 0.1) is 0 Å². The van der Waals surface area contributed by atoms with Crippen LogP contribution in [0.5, 0.6) is 0 Å². The van der Waals surface area contributed by atoms with E-state index in [2.05, 4.69) is 4.90 Å². The van der Waals surface area contributed by atoms with E-state index in [0.717, 1.165) is 19.6 Å². The Morgan fingerprint density at radius 3 is 2.70 bits per heavy atom. The molecule has 1 saturated heterocycles. The van der Waals surface area contributed by atoms with E-state index in [-0.39, 0.29) is 10.9 Å². The highest BCUT2D eigenvalue weighted by molar-refractivity contribution is 5.97. The minimum atomic E-state index is -1.24. The van der Waals surface area contributed by atoms with E-state index < -0.39 is 11.4 Å². The first-order chi connectivity index (χ1) is 11.1. The number of pyridine rings is 1. The maximum atomic E-state index is 12.3. The zero-order chi connectivity index (χ0) is 16.4. The molecule has 7 nitrogen and oxygen atoms in total. The third kappa shape index (κ3) is 3.06. The summed E-state index contributed by atoms with van der Waals surface area (Å²) in [4.78, 5) is 26.0. The lowest BCUT2D eigenvalue weighted by Gasteiger charge is -2.27. The minimum Gasteiger partial charge on any atom is -0.477 e. The summed E-state index contributed by atoms with van der Waals surface area (Å²) in [5.41, 5.74) is 6.08. The number of carbonyl (C=O) groups is 1. The summed E-state index contributed by atoms with van der Waals surface area (Å²) in [5.74, 6) is -1.24. The standard InChI is InChI=1S/C16H19N3O4/c17-12-2-1-3-13-14(12)15(20)11(16(21)22)10-19(13)5-4-18-6-8-23-9-7-18/h1-3,10H,4-9,17H2,(H,21,22). The monoisotopic (exact) mass is 317 g/mol. The van der Waals surface area contributed by atoms with Crippen molar-refractivity contribution in [1.82, 2.24) is 9.47 Å². The Bertz CT molecular complexity index is 794. The first-order valence-corrected chi connectivity index (χ1v) is 7.53. The lowest BCUT2D eigenvalue weighted by Crippen LogP contribution is -2.38. The molecule has 0 bridgehead atoms. The van der Waals surface area contributed by atoms with Crippen molar-refractivity contribution >= 4 is 22.6 Å². The molecule has 0 unspecified atom stereocenters. The third-order valence-corrected chi connectivity index (χ3v) is 4.13. The van der Waals surface area contributed by atoms with Crippen LogP contribution in [0.3, 0.4) is 0 Å². The smallest absolute Gasteiger partial charge is 0.341 e. The van der Waals surface area contributed by atoms with E-state index in [1.54, 1.807) is 22.8 Å². The molecule has 1 aliphatic rings. The average Bonchev–Trinajstić information content (AvgIpc) is 2.55. The average molecular weight is 317 g/mol. The van der Waals surface area contributed by atoms with Crippen LogP contribution in [0.25, 0.3) is 10.9 Å². The number of ether oxygens (including phenoxy) is 1. The number of carboxylic acids is 1. The zero-order valence-electron chi connectivity index (χ0n) is 12.7. The van der Waals surface area contributed by atoms with Crippen molar-refractivity contribution in [3.05, 3.63) is 40.2 Å². The maximum absolute atomic E-state index is 12.3. The quantitative estimate of drug-likeness (QED) is 0.802. The van der Waals surface area contributed by atoms with Crippen molar-refractivity contribution < 1.29 is 14.6 Å². The second-order valence-corrected chi connectivity index (χ2v) is 5.57. The fourth-order valence-corrected chi connectivity index (χ4v) is 2.87. The Labute approximate surface area is 132 Å². The summed E-state index contributed by atoms with van der Waals surface area (Å²) < 4.78 is 7.12. The number of nitrogens with zero attached hydrogens (tertiary/aromatic N) is 2. The van der Waals surface area contributed by atoms with Gasteiger partial charge in [0.1, 0.15) is 5.56 Å². The van der Waals surface area contributed by atoms with E-state index in [4.69, 9.17) is 10.5 Å². The van der Waals surface area contributed by atoms with Gasteiger partial charge in [0, 0.05) is 38.1 Å². The zero-order valence-corrected chi connectivity index (χ0v) is 12.7. The summed E-state index contributed by atoms with van der Waals surface area (Å²) >= 11 is 0. The summed E-state index contributed by atoms with van der Waals surface area (Å²) in [5, 5.41) is 9.55. The Morgan fingerprint density at radius 1 is 1.26 bits per heavy atom. The molecule has 0 spiro atoms. The molecule has 122 valence electrons. The molecule has 23 heavy (non-hydrogen) atoms. The van der Waals surface area contributed by atoms with Gasteiger partial charge in [-0.05, 0) is 12.1 Å². The van der Waals surface area contributed by atoms with Gasteiger partial charge in [-0.15, -0.1) is 0 Å². The molecule has 0 atom stereocenters. The lowest BCUT2D eigenvalue weighted by atomic mass is 10.1. The van der Waals surface area contributed by atoms with E-state index in [1.807, 2.05) is 0 Å². The van der Waals surface area contributed by atoms with Crippen molar-refractivity contribution in [2.24, 2.45) is 0 Å². The number of carboxylic acid groups (broad SMARTS) is 1. The number of hydrogen-bond donors (Lipinski definition) is 2. The first-order valence-electron chi connectivity index (χ1n) is 7.53. The van der Waals surface area contributed by atoms with Gasteiger partial charge in [0.15, 0.2) is 0 Å². The Morgan fingerprint density at radius 2 is 2.00 bits per heavy atom. The molecule has 3 rings (SSSR count). The van der Waals surface area contributed by atoms with E-state index >= 15 is 0 Å². The van der Waals surface area contributed by atoms with Crippen LogP contribution in [0.15, 0.2) is 29.2 Å². The number of fused-ring (bicyclic) bond motifs is 1. The van der Waals surface area contributed by atoms with Gasteiger partial charge < -0.3 is 20.1 Å². The lowest BCUT2D eigenvalue weighted by molar-refractivity contribution is 0.0365. The molecule has 0 amide bonds. The second-order valence-electron chi connectivity index (χ2n) is 5.57. The number of aromatic carboxylic acids is 1. The van der Waals surface area contributed by atoms with Crippen molar-refractivity contribution in [3.63, 3.8) is 0 Å². The van der Waals surface area contributed by atoms with Crippen molar-refractivity contribution in [1.29, 1.82) is 0 Å². The fourth-order valence-electron chi connectivity index (χ4n) is 2.87. The second kappa shape index (κ2) is 6.39. The van der Waals surface area contributed by atoms with Crippen LogP contribution in [0.2, 0.25) is 0 Å². The molecular formula is C16H19N3O4. The third-order valence-electron chi connectivity index (χ3n) is 4.13. The fraction of sp³-hybridized carbons (Fsp3) is 0.375. The van der Waals surface area contributed by atoms with E-state index in [9.17, 15) is 14.7 Å². The molecule has 0 aliphatic carbocycles. The Hall–Kier alpha value is -2.38. The highest BCUT2D eigenvalue weighted by Gasteiger charge is 2.17. The van der Waals surface area contributed by atoms with Gasteiger partial charge in [0.25, 0.3) is 0 Å². The number of rotatable bonds is 4. The number of nitrogens with two attached hydrogens (primary N) is 1. The molecule has 1 aromatic heterocycles. The van der Waals surface area contributed by atoms with Crippen LogP contribution in [-0.4, -0.2) is 53.4 Å². The van der Waals surface area contributed by atoms with Crippen LogP contribution in [0.1, 0.15) is 10.4 Å². The number of hydrogen-bond acceptors (Lipinski definition) is 5. The molecule has 0 radical (unpaired) electrons. The van der Waals surface area contributed by atoms with Gasteiger partial charge in [-0.3, -0.25) is 9.69 Å². The van der Waals surface area contributed by atoms with Gasteiger partial charge in [-0.2, -0.15) is 0 Å². The summed E-state index contributed by atoms with van der Waals surface area (Å²) in [6, 6.07) is 5.17. The number of benzene rings is 1. The topological polar surface area (TPSA) is 97.8 Å². The number of nitrogen functional groups attached to an aromatic ring is 1. The summed E-state index contributed by atoms with van der Waals surface area (Å²) in [7, 11) is 0. The van der Waals surface area contributed by atoms with E-state index in [1.165, 1.54) is 6.20 Å². The van der Waals surface area contributed by atoms with Crippen molar-refractivity contribution in [2.75, 3.05) is 38.6 Å². The SMILES string of the molecule is Nc1cccc2c1c(=O)c(C(=O)O)cn2CCN1CCOCC1. The summed E-state index contributed by atoms with van der Waals surface area (Å²) in [6.07, 6.45) is 1.41. The molecule has 7 heteroatoms. The Kier molecular flexibility index (Phi) is 4.31. The summed E-state index contributed by atoms with van der Waals surface area (Å²) in [6.45, 7) is 4.46. The molecular weight excluding hydrogens is 298 g/mol. The predicted molar refractivity (Wildman–Crippen MR) is 86.8 cm³/mol. The van der Waals surface area contributed by atoms with E-state index in [0.29, 0.717) is 31.0 Å². The highest BCUT2D eigenvalue weighted by Crippen LogP contribution is 2.18. The maximum Gasteiger partial charge on any atom is 0.341 e. The van der Waals surface area contributed by atoms with Gasteiger partial charge in [0.2, 0.25) is 5.43 Å². The number of aromatic nitrogens is 1. The normalized spacial score (nSPS) is 15.8. The van der Waals surface area contributed by atoms with Crippen LogP contribution in [-0.2, 0) is 11.3 Å². The first kappa shape index (κ1) is 15.5. The van der Waals surface area contributed by atoms with Crippen LogP contribution >= 0.6 is 0 Å². The highest BCUT2D eigenvalue weighted by atomic mass is 16.5. The van der Waals surface area contributed by atoms with Crippen LogP contribution < -0.4 is 11.2 Å². The van der Waals surface area contributed by atoms with Crippen molar-refractivity contribution in [2.45, 2.75) is 6.54 Å². The van der Waals surface area contributed by atoms with Gasteiger partial charge in [-0.25, -0.2) is 4.79 Å².